The van der Waals surface area contributed by atoms with Crippen LogP contribution in [0.15, 0.2) is 16.6 Å². The molecule has 1 aromatic rings. The predicted molar refractivity (Wildman–Crippen MR) is 56.0 cm³/mol. The van der Waals surface area contributed by atoms with Gasteiger partial charge in [-0.2, -0.15) is 0 Å². The van der Waals surface area contributed by atoms with Gasteiger partial charge in [0.05, 0.1) is 0 Å². The summed E-state index contributed by atoms with van der Waals surface area (Å²) in [5.41, 5.74) is 5.63. The zero-order valence-electron chi connectivity index (χ0n) is 7.86. The van der Waals surface area contributed by atoms with Crippen molar-refractivity contribution in [2.45, 2.75) is 25.8 Å². The van der Waals surface area contributed by atoms with Crippen molar-refractivity contribution in [1.82, 2.24) is 0 Å². The Hall–Kier alpha value is -0.480. The third-order valence-electron chi connectivity index (χ3n) is 1.96. The third kappa shape index (κ3) is 3.03. The number of nitrogens with two attached hydrogens (primary N) is 1. The lowest BCUT2D eigenvalue weighted by atomic mass is 10.1. The average molecular weight is 264 g/mol. The molecule has 1 nitrogen and oxygen atoms in total. The molecule has 0 aliphatic carbocycles. The van der Waals surface area contributed by atoms with Gasteiger partial charge in [-0.25, -0.2) is 8.78 Å². The van der Waals surface area contributed by atoms with Crippen LogP contribution in [0, 0.1) is 11.6 Å². The summed E-state index contributed by atoms with van der Waals surface area (Å²) < 4.78 is 26.9. The van der Waals surface area contributed by atoms with E-state index in [0.29, 0.717) is 17.3 Å². The minimum absolute atomic E-state index is 0.0440. The second-order valence-corrected chi connectivity index (χ2v) is 4.28. The summed E-state index contributed by atoms with van der Waals surface area (Å²) >= 11 is 3.02. The van der Waals surface area contributed by atoms with Gasteiger partial charge in [-0.05, 0) is 31.9 Å². The zero-order chi connectivity index (χ0) is 10.7. The van der Waals surface area contributed by atoms with Crippen molar-refractivity contribution in [3.8, 4) is 0 Å². The Morgan fingerprint density at radius 3 is 2.29 bits per heavy atom. The fraction of sp³-hybridized carbons (Fsp3) is 0.400. The average Bonchev–Trinajstić information content (AvgIpc) is 2.01. The van der Waals surface area contributed by atoms with Gasteiger partial charge in [-0.1, -0.05) is 15.9 Å². The van der Waals surface area contributed by atoms with Crippen molar-refractivity contribution in [3.63, 3.8) is 0 Å². The fourth-order valence-electron chi connectivity index (χ4n) is 1.18. The third-order valence-corrected chi connectivity index (χ3v) is 2.41. The summed E-state index contributed by atoms with van der Waals surface area (Å²) in [6, 6.07) is 2.48. The molecule has 78 valence electrons. The second-order valence-electron chi connectivity index (χ2n) is 3.36. The Labute approximate surface area is 90.4 Å². The van der Waals surface area contributed by atoms with Crippen LogP contribution >= 0.6 is 15.9 Å². The molecule has 0 aliphatic heterocycles. The van der Waals surface area contributed by atoms with E-state index in [2.05, 4.69) is 15.9 Å². The number of benzene rings is 1. The number of hydrogen-bond donors (Lipinski definition) is 1. The van der Waals surface area contributed by atoms with Gasteiger partial charge >= 0.3 is 0 Å². The molecule has 0 aromatic heterocycles. The molecule has 14 heavy (non-hydrogen) atoms. The summed E-state index contributed by atoms with van der Waals surface area (Å²) in [6.07, 6.45) is 0.915. The predicted octanol–water partition coefficient (Wildman–Crippen LogP) is 3.01. The van der Waals surface area contributed by atoms with Crippen LogP contribution in [-0.2, 0) is 6.42 Å². The highest BCUT2D eigenvalue weighted by Crippen LogP contribution is 2.20. The van der Waals surface area contributed by atoms with Crippen LogP contribution in [0.2, 0.25) is 0 Å². The van der Waals surface area contributed by atoms with Gasteiger partial charge in [-0.15, -0.1) is 0 Å². The van der Waals surface area contributed by atoms with Crippen molar-refractivity contribution >= 4 is 15.9 Å². The molecule has 1 rings (SSSR count). The largest absolute Gasteiger partial charge is 0.328 e. The fourth-order valence-corrected chi connectivity index (χ4v) is 1.58. The van der Waals surface area contributed by atoms with E-state index >= 15 is 0 Å². The van der Waals surface area contributed by atoms with Gasteiger partial charge in [-0.3, -0.25) is 0 Å². The van der Waals surface area contributed by atoms with E-state index in [1.54, 1.807) is 0 Å². The summed E-state index contributed by atoms with van der Waals surface area (Å²) in [5.74, 6) is -1.03. The molecule has 4 heteroatoms. The van der Waals surface area contributed by atoms with Crippen LogP contribution in [0.25, 0.3) is 0 Å². The molecule has 0 unspecified atom stereocenters. The van der Waals surface area contributed by atoms with Gasteiger partial charge < -0.3 is 5.73 Å². The quantitative estimate of drug-likeness (QED) is 0.892. The molecular weight excluding hydrogens is 252 g/mol. The van der Waals surface area contributed by atoms with Crippen LogP contribution < -0.4 is 5.73 Å². The molecule has 0 saturated heterocycles. The Morgan fingerprint density at radius 1 is 1.36 bits per heavy atom. The van der Waals surface area contributed by atoms with Crippen molar-refractivity contribution < 1.29 is 8.78 Å². The molecule has 0 amide bonds. The van der Waals surface area contributed by atoms with Crippen LogP contribution in [0.5, 0.6) is 0 Å². The van der Waals surface area contributed by atoms with Crippen molar-refractivity contribution in [3.05, 3.63) is 33.8 Å². The molecule has 0 fully saturated rings. The van der Waals surface area contributed by atoms with E-state index in [-0.39, 0.29) is 11.6 Å². The van der Waals surface area contributed by atoms with E-state index in [4.69, 9.17) is 5.73 Å². The van der Waals surface area contributed by atoms with Crippen LogP contribution in [0.3, 0.4) is 0 Å². The smallest absolute Gasteiger partial charge is 0.130 e. The standard InChI is InChI=1S/C10H12BrF2N/c1-6(14)2-3-8-9(12)4-7(11)5-10(8)13/h4-6H,2-3,14H2,1H3/t6-/m0/s1. The number of hydrogen-bond acceptors (Lipinski definition) is 1. The Bertz CT molecular complexity index is 303. The monoisotopic (exact) mass is 263 g/mol. The Balaban J connectivity index is 2.86. The van der Waals surface area contributed by atoms with E-state index in [9.17, 15) is 8.78 Å². The highest BCUT2D eigenvalue weighted by molar-refractivity contribution is 9.10. The van der Waals surface area contributed by atoms with Gasteiger partial charge in [0.1, 0.15) is 11.6 Å². The molecule has 1 atom stereocenters. The van der Waals surface area contributed by atoms with Crippen molar-refractivity contribution in [2.24, 2.45) is 5.73 Å². The molecule has 0 radical (unpaired) electrons. The van der Waals surface area contributed by atoms with Gasteiger partial charge in [0.2, 0.25) is 0 Å². The minimum atomic E-state index is -0.516. The molecular formula is C10H12BrF2N. The molecule has 0 saturated carbocycles. The first-order chi connectivity index (χ1) is 6.50. The maximum Gasteiger partial charge on any atom is 0.130 e. The van der Waals surface area contributed by atoms with E-state index < -0.39 is 11.6 Å². The SMILES string of the molecule is C[C@H](N)CCc1c(F)cc(Br)cc1F. The van der Waals surface area contributed by atoms with Gasteiger partial charge in [0.15, 0.2) is 0 Å². The second kappa shape index (κ2) is 4.84. The lowest BCUT2D eigenvalue weighted by Gasteiger charge is -2.07. The highest BCUT2D eigenvalue weighted by Gasteiger charge is 2.10. The molecule has 1 aromatic carbocycles. The summed E-state index contributed by atoms with van der Waals surface area (Å²) in [7, 11) is 0. The first-order valence-electron chi connectivity index (χ1n) is 4.39. The lowest BCUT2D eigenvalue weighted by Crippen LogP contribution is -2.16. The zero-order valence-corrected chi connectivity index (χ0v) is 9.44. The number of rotatable bonds is 3. The maximum absolute atomic E-state index is 13.3. The van der Waals surface area contributed by atoms with E-state index in [1.165, 1.54) is 12.1 Å². The van der Waals surface area contributed by atoms with Crippen molar-refractivity contribution in [2.75, 3.05) is 0 Å². The molecule has 0 spiro atoms. The van der Waals surface area contributed by atoms with E-state index in [1.807, 2.05) is 6.92 Å². The summed E-state index contributed by atoms with van der Waals surface area (Å²) in [4.78, 5) is 0. The summed E-state index contributed by atoms with van der Waals surface area (Å²) in [6.45, 7) is 1.81. The first kappa shape index (κ1) is 11.6. The first-order valence-corrected chi connectivity index (χ1v) is 5.19. The maximum atomic E-state index is 13.3. The van der Waals surface area contributed by atoms with Gasteiger partial charge in [0, 0.05) is 16.1 Å². The minimum Gasteiger partial charge on any atom is -0.328 e. The van der Waals surface area contributed by atoms with Crippen LogP contribution in [0.1, 0.15) is 18.9 Å². The Morgan fingerprint density at radius 2 is 1.86 bits per heavy atom. The highest BCUT2D eigenvalue weighted by atomic mass is 79.9. The van der Waals surface area contributed by atoms with Crippen molar-refractivity contribution in [1.29, 1.82) is 0 Å². The topological polar surface area (TPSA) is 26.0 Å². The van der Waals surface area contributed by atoms with E-state index in [0.717, 1.165) is 0 Å². The summed E-state index contributed by atoms with van der Waals surface area (Å²) in [5, 5.41) is 0. The van der Waals surface area contributed by atoms with Gasteiger partial charge in [0.25, 0.3) is 0 Å². The number of halogens is 3. The molecule has 0 aliphatic rings. The molecule has 0 heterocycles. The molecule has 2 N–H and O–H groups in total. The van der Waals surface area contributed by atoms with Crippen LogP contribution in [0.4, 0.5) is 8.78 Å². The normalized spacial score (nSPS) is 12.9. The lowest BCUT2D eigenvalue weighted by molar-refractivity contribution is 0.539. The van der Waals surface area contributed by atoms with Crippen LogP contribution in [-0.4, -0.2) is 6.04 Å². The Kier molecular flexibility index (Phi) is 4.01. The molecule has 0 bridgehead atoms.